The van der Waals surface area contributed by atoms with Gasteiger partial charge in [-0.1, -0.05) is 6.07 Å². The number of furan rings is 1. The molecular formula is C19H20N2O3. The summed E-state index contributed by atoms with van der Waals surface area (Å²) < 4.78 is 16.9. The van der Waals surface area contributed by atoms with E-state index in [0.717, 1.165) is 30.6 Å². The molecule has 0 N–H and O–H groups in total. The Balaban J connectivity index is 1.64. The molecule has 0 unspecified atom stereocenters. The van der Waals surface area contributed by atoms with Gasteiger partial charge in [0.05, 0.1) is 18.8 Å². The van der Waals surface area contributed by atoms with E-state index in [2.05, 4.69) is 16.0 Å². The second-order valence-electron chi connectivity index (χ2n) is 6.02. The Hall–Kier alpha value is -2.53. The molecule has 5 heteroatoms. The van der Waals surface area contributed by atoms with E-state index in [9.17, 15) is 0 Å². The van der Waals surface area contributed by atoms with Gasteiger partial charge in [-0.2, -0.15) is 0 Å². The standard InChI is InChI=1S/C19H20N2O3/c1-22-17-5-4-14(13-21-9-2-3-10-21)12-18(17)24-19-15-7-11-23-16(15)6-8-20-19/h4-8,11-12H,2-3,9-10,13H2,1H3. The minimum absolute atomic E-state index is 0.526. The molecule has 5 nitrogen and oxygen atoms in total. The van der Waals surface area contributed by atoms with Gasteiger partial charge >= 0.3 is 0 Å². The molecule has 0 amide bonds. The first-order valence-electron chi connectivity index (χ1n) is 8.23. The van der Waals surface area contributed by atoms with E-state index in [1.54, 1.807) is 19.6 Å². The van der Waals surface area contributed by atoms with Gasteiger partial charge in [0.2, 0.25) is 5.88 Å². The molecule has 124 valence electrons. The fourth-order valence-electron chi connectivity index (χ4n) is 3.15. The number of fused-ring (bicyclic) bond motifs is 1. The zero-order chi connectivity index (χ0) is 16.4. The number of hydrogen-bond acceptors (Lipinski definition) is 5. The normalized spacial score (nSPS) is 15.0. The summed E-state index contributed by atoms with van der Waals surface area (Å²) in [4.78, 5) is 6.79. The molecule has 3 heterocycles. The van der Waals surface area contributed by atoms with Crippen molar-refractivity contribution >= 4 is 11.0 Å². The highest BCUT2D eigenvalue weighted by atomic mass is 16.5. The quantitative estimate of drug-likeness (QED) is 0.703. The minimum Gasteiger partial charge on any atom is -0.493 e. The Morgan fingerprint density at radius 2 is 2.00 bits per heavy atom. The Labute approximate surface area is 140 Å². The largest absolute Gasteiger partial charge is 0.493 e. The van der Waals surface area contributed by atoms with Crippen molar-refractivity contribution < 1.29 is 13.9 Å². The van der Waals surface area contributed by atoms with Crippen LogP contribution >= 0.6 is 0 Å². The van der Waals surface area contributed by atoms with E-state index in [0.29, 0.717) is 17.4 Å². The molecule has 1 saturated heterocycles. The number of ether oxygens (including phenoxy) is 2. The van der Waals surface area contributed by atoms with Crippen LogP contribution in [0.5, 0.6) is 17.4 Å². The highest BCUT2D eigenvalue weighted by Gasteiger charge is 2.15. The first-order valence-corrected chi connectivity index (χ1v) is 8.23. The molecule has 0 atom stereocenters. The van der Waals surface area contributed by atoms with Crippen LogP contribution in [0.2, 0.25) is 0 Å². The summed E-state index contributed by atoms with van der Waals surface area (Å²) in [6, 6.07) is 9.77. The molecule has 24 heavy (non-hydrogen) atoms. The maximum absolute atomic E-state index is 6.06. The lowest BCUT2D eigenvalue weighted by molar-refractivity contribution is 0.329. The average molecular weight is 324 g/mol. The van der Waals surface area contributed by atoms with Crippen LogP contribution in [0.3, 0.4) is 0 Å². The summed E-state index contributed by atoms with van der Waals surface area (Å²) in [7, 11) is 1.65. The summed E-state index contributed by atoms with van der Waals surface area (Å²) in [6.07, 6.45) is 5.89. The molecule has 2 aromatic heterocycles. The summed E-state index contributed by atoms with van der Waals surface area (Å²) in [5.41, 5.74) is 1.97. The summed E-state index contributed by atoms with van der Waals surface area (Å²) in [5, 5.41) is 0.851. The van der Waals surface area contributed by atoms with Crippen LogP contribution in [0, 0.1) is 0 Å². The van der Waals surface area contributed by atoms with Gasteiger partial charge in [0, 0.05) is 12.7 Å². The monoisotopic (exact) mass is 324 g/mol. The molecule has 1 aliphatic rings. The van der Waals surface area contributed by atoms with Crippen molar-refractivity contribution in [3.63, 3.8) is 0 Å². The lowest BCUT2D eigenvalue weighted by atomic mass is 10.2. The van der Waals surface area contributed by atoms with Crippen LogP contribution < -0.4 is 9.47 Å². The summed E-state index contributed by atoms with van der Waals surface area (Å²) in [6.45, 7) is 3.26. The smallest absolute Gasteiger partial charge is 0.230 e. The second-order valence-corrected chi connectivity index (χ2v) is 6.02. The van der Waals surface area contributed by atoms with Crippen LogP contribution in [0.1, 0.15) is 18.4 Å². The lowest BCUT2D eigenvalue weighted by Crippen LogP contribution is -2.18. The van der Waals surface area contributed by atoms with Crippen LogP contribution in [0.4, 0.5) is 0 Å². The Morgan fingerprint density at radius 1 is 1.12 bits per heavy atom. The third-order valence-electron chi connectivity index (χ3n) is 4.38. The van der Waals surface area contributed by atoms with Gasteiger partial charge in [0.1, 0.15) is 5.58 Å². The highest BCUT2D eigenvalue weighted by molar-refractivity contribution is 5.82. The number of benzene rings is 1. The molecule has 0 bridgehead atoms. The molecule has 0 saturated carbocycles. The Morgan fingerprint density at radius 3 is 2.83 bits per heavy atom. The fraction of sp³-hybridized carbons (Fsp3) is 0.316. The van der Waals surface area contributed by atoms with Crippen molar-refractivity contribution in [3.8, 4) is 17.4 Å². The molecule has 1 aromatic carbocycles. The van der Waals surface area contributed by atoms with Crippen molar-refractivity contribution in [1.29, 1.82) is 0 Å². The summed E-state index contributed by atoms with van der Waals surface area (Å²) >= 11 is 0. The molecule has 1 fully saturated rings. The fourth-order valence-corrected chi connectivity index (χ4v) is 3.15. The maximum Gasteiger partial charge on any atom is 0.230 e. The van der Waals surface area contributed by atoms with Gasteiger partial charge in [-0.25, -0.2) is 4.98 Å². The number of methoxy groups -OCH3 is 1. The van der Waals surface area contributed by atoms with E-state index in [-0.39, 0.29) is 0 Å². The highest BCUT2D eigenvalue weighted by Crippen LogP contribution is 2.35. The molecule has 0 spiro atoms. The van der Waals surface area contributed by atoms with Crippen molar-refractivity contribution in [1.82, 2.24) is 9.88 Å². The Kier molecular flexibility index (Phi) is 4.09. The topological polar surface area (TPSA) is 47.7 Å². The van der Waals surface area contributed by atoms with Crippen molar-refractivity contribution in [2.75, 3.05) is 20.2 Å². The number of nitrogens with zero attached hydrogens (tertiary/aromatic N) is 2. The molecule has 1 aliphatic heterocycles. The zero-order valence-corrected chi connectivity index (χ0v) is 13.7. The molecule has 3 aromatic rings. The van der Waals surface area contributed by atoms with Crippen molar-refractivity contribution in [2.24, 2.45) is 0 Å². The predicted molar refractivity (Wildman–Crippen MR) is 91.6 cm³/mol. The summed E-state index contributed by atoms with van der Waals surface area (Å²) in [5.74, 6) is 1.90. The van der Waals surface area contributed by atoms with Gasteiger partial charge in [-0.3, -0.25) is 4.90 Å². The maximum atomic E-state index is 6.06. The molecular weight excluding hydrogens is 304 g/mol. The number of rotatable bonds is 5. The van der Waals surface area contributed by atoms with E-state index < -0.39 is 0 Å². The van der Waals surface area contributed by atoms with Gasteiger partial charge in [-0.05, 0) is 55.8 Å². The van der Waals surface area contributed by atoms with Gasteiger partial charge in [-0.15, -0.1) is 0 Å². The van der Waals surface area contributed by atoms with Crippen LogP contribution in [0.15, 0.2) is 47.2 Å². The SMILES string of the molecule is COc1ccc(CN2CCCC2)cc1Oc1nccc2occc12. The lowest BCUT2D eigenvalue weighted by Gasteiger charge is -2.16. The van der Waals surface area contributed by atoms with E-state index in [4.69, 9.17) is 13.9 Å². The number of likely N-dealkylation sites (tertiary alicyclic amines) is 1. The van der Waals surface area contributed by atoms with Crippen LogP contribution in [-0.2, 0) is 6.54 Å². The molecule has 0 aliphatic carbocycles. The van der Waals surface area contributed by atoms with Crippen molar-refractivity contribution in [3.05, 3.63) is 48.4 Å². The predicted octanol–water partition coefficient (Wildman–Crippen LogP) is 4.22. The van der Waals surface area contributed by atoms with Crippen LogP contribution in [0.25, 0.3) is 11.0 Å². The molecule has 4 rings (SSSR count). The minimum atomic E-state index is 0.526. The first-order chi connectivity index (χ1) is 11.8. The van der Waals surface area contributed by atoms with E-state index >= 15 is 0 Å². The third-order valence-corrected chi connectivity index (χ3v) is 4.38. The number of hydrogen-bond donors (Lipinski definition) is 0. The van der Waals surface area contributed by atoms with Gasteiger partial charge in [0.15, 0.2) is 11.5 Å². The molecule has 0 radical (unpaired) electrons. The first kappa shape index (κ1) is 15.0. The van der Waals surface area contributed by atoms with Gasteiger partial charge in [0.25, 0.3) is 0 Å². The van der Waals surface area contributed by atoms with Gasteiger partial charge < -0.3 is 13.9 Å². The average Bonchev–Trinajstić information content (AvgIpc) is 3.27. The van der Waals surface area contributed by atoms with Crippen molar-refractivity contribution in [2.45, 2.75) is 19.4 Å². The van der Waals surface area contributed by atoms with E-state index in [1.807, 2.05) is 24.3 Å². The van der Waals surface area contributed by atoms with Crippen LogP contribution in [-0.4, -0.2) is 30.1 Å². The second kappa shape index (κ2) is 6.53. The number of aromatic nitrogens is 1. The Bertz CT molecular complexity index is 837. The third kappa shape index (κ3) is 2.95. The number of pyridine rings is 1. The zero-order valence-electron chi connectivity index (χ0n) is 13.7. The van der Waals surface area contributed by atoms with E-state index in [1.165, 1.54) is 18.4 Å².